The highest BCUT2D eigenvalue weighted by atomic mass is 16.7. The van der Waals surface area contributed by atoms with Crippen LogP contribution in [-0.4, -0.2) is 77.9 Å². The van der Waals surface area contributed by atoms with Gasteiger partial charge in [-0.1, -0.05) is 18.2 Å². The molecule has 2 heterocycles. The summed E-state index contributed by atoms with van der Waals surface area (Å²) in [5.41, 5.74) is 0.485. The third-order valence-corrected chi connectivity index (χ3v) is 5.66. The van der Waals surface area contributed by atoms with Crippen LogP contribution in [0, 0.1) is 0 Å². The fraction of sp³-hybridized carbons (Fsp3) is 0.333. The fourth-order valence-corrected chi connectivity index (χ4v) is 4.06. The molecule has 1 saturated heterocycles. The standard InChI is InChI=1S/C24H25NO8/c1-3-12-31-21-19(25-22(28)16-6-4-5-7-17(16)23(25)29)24(33-18(13-26)20(21)27)32-15-10-8-14(30-2)9-11-15/h3-11,18-21,24,26-27H,1,12-13H2,2H3/t18-,19-,20-,21-,24-/m1/s1. The van der Waals surface area contributed by atoms with Crippen LogP contribution in [0.15, 0.2) is 61.2 Å². The van der Waals surface area contributed by atoms with Crippen molar-refractivity contribution in [3.05, 3.63) is 72.3 Å². The number of benzene rings is 2. The second-order valence-corrected chi connectivity index (χ2v) is 7.61. The number of imide groups is 1. The Labute approximate surface area is 190 Å². The van der Waals surface area contributed by atoms with E-state index in [1.807, 2.05) is 0 Å². The van der Waals surface area contributed by atoms with Gasteiger partial charge in [-0.3, -0.25) is 14.5 Å². The van der Waals surface area contributed by atoms with E-state index in [9.17, 15) is 19.8 Å². The molecule has 174 valence electrons. The Morgan fingerprint density at radius 2 is 1.67 bits per heavy atom. The third kappa shape index (κ3) is 4.23. The number of aliphatic hydroxyl groups is 2. The molecule has 0 bridgehead atoms. The predicted octanol–water partition coefficient (Wildman–Crippen LogP) is 1.39. The van der Waals surface area contributed by atoms with E-state index in [0.29, 0.717) is 11.5 Å². The molecule has 9 heteroatoms. The molecule has 0 aliphatic carbocycles. The maximum atomic E-state index is 13.2. The summed E-state index contributed by atoms with van der Waals surface area (Å²) in [5.74, 6) is -0.110. The Hall–Kier alpha value is -3.24. The second kappa shape index (κ2) is 9.72. The summed E-state index contributed by atoms with van der Waals surface area (Å²) in [6, 6.07) is 11.9. The van der Waals surface area contributed by atoms with Gasteiger partial charge < -0.3 is 29.2 Å². The average Bonchev–Trinajstić information content (AvgIpc) is 3.09. The van der Waals surface area contributed by atoms with Crippen molar-refractivity contribution < 1.29 is 38.7 Å². The number of carbonyl (C=O) groups is 2. The van der Waals surface area contributed by atoms with E-state index < -0.39 is 49.1 Å². The summed E-state index contributed by atoms with van der Waals surface area (Å²) in [7, 11) is 1.53. The van der Waals surface area contributed by atoms with E-state index in [-0.39, 0.29) is 17.7 Å². The van der Waals surface area contributed by atoms with E-state index in [1.54, 1.807) is 48.5 Å². The van der Waals surface area contributed by atoms with Gasteiger partial charge in [0.15, 0.2) is 0 Å². The first-order valence-electron chi connectivity index (χ1n) is 10.4. The van der Waals surface area contributed by atoms with Crippen molar-refractivity contribution in [3.63, 3.8) is 0 Å². The largest absolute Gasteiger partial charge is 0.497 e. The molecule has 2 amide bonds. The summed E-state index contributed by atoms with van der Waals surface area (Å²) in [4.78, 5) is 27.5. The van der Waals surface area contributed by atoms with Gasteiger partial charge in [0.1, 0.15) is 35.9 Å². The van der Waals surface area contributed by atoms with Crippen molar-refractivity contribution in [2.45, 2.75) is 30.6 Å². The van der Waals surface area contributed by atoms with Gasteiger partial charge in [-0.15, -0.1) is 6.58 Å². The molecule has 1 fully saturated rings. The summed E-state index contributed by atoms with van der Waals surface area (Å²) in [5, 5.41) is 20.6. The van der Waals surface area contributed by atoms with Crippen molar-refractivity contribution in [3.8, 4) is 11.5 Å². The SMILES string of the molecule is C=CCO[C@H]1[C@H](O)[C@@H](CO)O[C@@H](Oc2ccc(OC)cc2)[C@@H]1N1C(=O)c2ccccc2C1=O. The second-order valence-electron chi connectivity index (χ2n) is 7.61. The van der Waals surface area contributed by atoms with Crippen LogP contribution in [0.4, 0.5) is 0 Å². The number of carbonyl (C=O) groups excluding carboxylic acids is 2. The van der Waals surface area contributed by atoms with E-state index in [0.717, 1.165) is 4.90 Å². The van der Waals surface area contributed by atoms with Crippen LogP contribution < -0.4 is 9.47 Å². The van der Waals surface area contributed by atoms with Crippen LogP contribution >= 0.6 is 0 Å². The van der Waals surface area contributed by atoms with Gasteiger partial charge in [0.05, 0.1) is 31.5 Å². The normalized spacial score (nSPS) is 26.8. The molecule has 4 rings (SSSR count). The number of hydrogen-bond donors (Lipinski definition) is 2. The number of methoxy groups -OCH3 is 1. The minimum Gasteiger partial charge on any atom is -0.497 e. The lowest BCUT2D eigenvalue weighted by Gasteiger charge is -2.46. The molecule has 0 radical (unpaired) electrons. The molecule has 33 heavy (non-hydrogen) atoms. The fourth-order valence-electron chi connectivity index (χ4n) is 4.06. The molecule has 2 aliphatic rings. The van der Waals surface area contributed by atoms with Gasteiger partial charge in [0, 0.05) is 0 Å². The molecular formula is C24H25NO8. The molecule has 5 atom stereocenters. The lowest BCUT2D eigenvalue weighted by Crippen LogP contribution is -2.67. The van der Waals surface area contributed by atoms with Crippen LogP contribution in [-0.2, 0) is 9.47 Å². The quantitative estimate of drug-likeness (QED) is 0.453. The summed E-state index contributed by atoms with van der Waals surface area (Å²) >= 11 is 0. The van der Waals surface area contributed by atoms with E-state index in [1.165, 1.54) is 13.2 Å². The summed E-state index contributed by atoms with van der Waals surface area (Å²) in [6.07, 6.45) is -3.24. The van der Waals surface area contributed by atoms with Gasteiger partial charge in [0.2, 0.25) is 6.29 Å². The summed E-state index contributed by atoms with van der Waals surface area (Å²) in [6.45, 7) is 3.13. The highest BCUT2D eigenvalue weighted by Gasteiger charge is 2.54. The first kappa shape index (κ1) is 22.9. The monoisotopic (exact) mass is 455 g/mol. The molecule has 0 spiro atoms. The van der Waals surface area contributed by atoms with Crippen molar-refractivity contribution in [1.82, 2.24) is 4.90 Å². The lowest BCUT2D eigenvalue weighted by molar-refractivity contribution is -0.261. The zero-order valence-electron chi connectivity index (χ0n) is 18.0. The molecular weight excluding hydrogens is 430 g/mol. The predicted molar refractivity (Wildman–Crippen MR) is 116 cm³/mol. The first-order valence-corrected chi connectivity index (χ1v) is 10.4. The molecule has 2 aromatic rings. The van der Waals surface area contributed by atoms with Crippen LogP contribution in [0.2, 0.25) is 0 Å². The first-order chi connectivity index (χ1) is 16.0. The van der Waals surface area contributed by atoms with Crippen LogP contribution in [0.25, 0.3) is 0 Å². The highest BCUT2D eigenvalue weighted by molar-refractivity contribution is 6.21. The molecule has 0 saturated carbocycles. The van der Waals surface area contributed by atoms with Crippen molar-refractivity contribution >= 4 is 11.8 Å². The number of aliphatic hydroxyl groups excluding tert-OH is 2. The van der Waals surface area contributed by atoms with E-state index in [4.69, 9.17) is 18.9 Å². The number of amides is 2. The Morgan fingerprint density at radius 1 is 1.06 bits per heavy atom. The van der Waals surface area contributed by atoms with Gasteiger partial charge in [-0.2, -0.15) is 0 Å². The minimum absolute atomic E-state index is 0.0365. The molecule has 0 unspecified atom stereocenters. The Bertz CT molecular complexity index is 988. The van der Waals surface area contributed by atoms with Gasteiger partial charge >= 0.3 is 0 Å². The Morgan fingerprint density at radius 3 is 2.21 bits per heavy atom. The molecule has 2 aliphatic heterocycles. The highest BCUT2D eigenvalue weighted by Crippen LogP contribution is 2.34. The van der Waals surface area contributed by atoms with Crippen LogP contribution in [0.5, 0.6) is 11.5 Å². The Kier molecular flexibility index (Phi) is 6.75. The van der Waals surface area contributed by atoms with Gasteiger partial charge in [-0.25, -0.2) is 0 Å². The van der Waals surface area contributed by atoms with Gasteiger partial charge in [0.25, 0.3) is 11.8 Å². The average molecular weight is 455 g/mol. The maximum absolute atomic E-state index is 13.2. The van der Waals surface area contributed by atoms with Gasteiger partial charge in [-0.05, 0) is 36.4 Å². The third-order valence-electron chi connectivity index (χ3n) is 5.66. The number of ether oxygens (including phenoxy) is 4. The number of hydrogen-bond acceptors (Lipinski definition) is 8. The van der Waals surface area contributed by atoms with E-state index in [2.05, 4.69) is 6.58 Å². The molecule has 9 nitrogen and oxygen atoms in total. The van der Waals surface area contributed by atoms with Crippen LogP contribution in [0.3, 0.4) is 0 Å². The molecule has 2 N–H and O–H groups in total. The van der Waals surface area contributed by atoms with Crippen molar-refractivity contribution in [1.29, 1.82) is 0 Å². The topological polar surface area (TPSA) is 115 Å². The van der Waals surface area contributed by atoms with Crippen molar-refractivity contribution in [2.75, 3.05) is 20.3 Å². The number of rotatable bonds is 8. The zero-order valence-corrected chi connectivity index (χ0v) is 18.0. The van der Waals surface area contributed by atoms with Crippen LogP contribution in [0.1, 0.15) is 20.7 Å². The van der Waals surface area contributed by atoms with Crippen molar-refractivity contribution in [2.24, 2.45) is 0 Å². The summed E-state index contributed by atoms with van der Waals surface area (Å²) < 4.78 is 22.8. The number of nitrogens with zero attached hydrogens (tertiary/aromatic N) is 1. The molecule has 2 aromatic carbocycles. The smallest absolute Gasteiger partial charge is 0.262 e. The Balaban J connectivity index is 1.73. The minimum atomic E-state index is -1.33. The zero-order chi connectivity index (χ0) is 23.5. The number of fused-ring (bicyclic) bond motifs is 1. The van der Waals surface area contributed by atoms with E-state index >= 15 is 0 Å². The molecule has 0 aromatic heterocycles. The lowest BCUT2D eigenvalue weighted by atomic mass is 9.95. The maximum Gasteiger partial charge on any atom is 0.262 e.